The Bertz CT molecular complexity index is 1680. The minimum atomic E-state index is -5.26. The first-order valence-corrected chi connectivity index (χ1v) is 12.6. The van der Waals surface area contributed by atoms with E-state index < -0.39 is 53.5 Å². The highest BCUT2D eigenvalue weighted by atomic mass is 19.4. The zero-order valence-electron chi connectivity index (χ0n) is 23.6. The van der Waals surface area contributed by atoms with Gasteiger partial charge < -0.3 is 19.3 Å². The Kier molecular flexibility index (Phi) is 13.0. The predicted octanol–water partition coefficient (Wildman–Crippen LogP) is 10.2. The monoisotopic (exact) mass is 720 g/mol. The van der Waals surface area contributed by atoms with Gasteiger partial charge in [0.05, 0.1) is 0 Å². The van der Waals surface area contributed by atoms with E-state index in [1.54, 1.807) is 0 Å². The first-order chi connectivity index (χ1) is 22.5. The van der Waals surface area contributed by atoms with Gasteiger partial charge in [0, 0.05) is 11.1 Å². The van der Waals surface area contributed by atoms with Crippen LogP contribution in [-0.4, -0.2) is 30.4 Å². The number of benzene rings is 4. The molecule has 0 saturated carbocycles. The third-order valence-electron chi connectivity index (χ3n) is 5.23. The van der Waals surface area contributed by atoms with Crippen molar-refractivity contribution in [2.45, 2.75) is 25.1 Å². The van der Waals surface area contributed by atoms with Gasteiger partial charge in [-0.2, -0.15) is 26.3 Å². The van der Waals surface area contributed by atoms with E-state index >= 15 is 0 Å². The van der Waals surface area contributed by atoms with Crippen LogP contribution in [0.25, 0.3) is 0 Å². The molecule has 4 aromatic rings. The van der Waals surface area contributed by atoms with Crippen LogP contribution in [0.4, 0.5) is 57.1 Å². The van der Waals surface area contributed by atoms with E-state index in [-0.39, 0.29) is 23.4 Å². The van der Waals surface area contributed by atoms with E-state index in [1.807, 2.05) is 0 Å². The number of alkyl halides is 12. The Morgan fingerprint density at radius 3 is 1.31 bits per heavy atom. The summed E-state index contributed by atoms with van der Waals surface area (Å²) in [4.78, 5) is 20.5. The highest BCUT2D eigenvalue weighted by Crippen LogP contribution is 2.42. The summed E-state index contributed by atoms with van der Waals surface area (Å²) in [6.45, 7) is 0. The fourth-order valence-electron chi connectivity index (χ4n) is 3.25. The summed E-state index contributed by atoms with van der Waals surface area (Å²) >= 11 is 0. The second-order valence-corrected chi connectivity index (χ2v) is 8.89. The normalized spacial score (nSPS) is 11.6. The van der Waals surface area contributed by atoms with Crippen LogP contribution in [0.15, 0.2) is 84.9 Å². The molecule has 0 bridgehead atoms. The summed E-state index contributed by atoms with van der Waals surface area (Å²) < 4.78 is 171. The van der Waals surface area contributed by atoms with Gasteiger partial charge >= 0.3 is 25.1 Å². The van der Waals surface area contributed by atoms with Crippen molar-refractivity contribution < 1.29 is 86.0 Å². The third kappa shape index (κ3) is 14.0. The second-order valence-electron chi connectivity index (χ2n) is 8.89. The van der Waals surface area contributed by atoms with Crippen LogP contribution in [0.5, 0.6) is 28.7 Å². The summed E-state index contributed by atoms with van der Waals surface area (Å²) in [5.41, 5.74) is -2.49. The van der Waals surface area contributed by atoms with Crippen molar-refractivity contribution in [3.63, 3.8) is 0 Å². The Hall–Kier alpha value is -5.49. The maximum absolute atomic E-state index is 12.9. The molecule has 264 valence electrons. The number of phenols is 1. The number of phenolic OH excluding ortho intramolecular Hbond substituents is 1. The maximum Gasteiger partial charge on any atom is 0.573 e. The fraction of sp³-hybridized carbons (Fsp3) is 0.133. The van der Waals surface area contributed by atoms with E-state index in [1.165, 1.54) is 48.5 Å². The number of aromatic hydroxyl groups is 1. The molecule has 4 rings (SSSR count). The molecule has 0 spiro atoms. The van der Waals surface area contributed by atoms with Crippen molar-refractivity contribution >= 4 is 12.6 Å². The van der Waals surface area contributed by atoms with Gasteiger partial charge in [-0.05, 0) is 84.9 Å². The lowest BCUT2D eigenvalue weighted by Gasteiger charge is -2.16. The first kappa shape index (κ1) is 39.7. The Morgan fingerprint density at radius 2 is 0.898 bits per heavy atom. The predicted molar refractivity (Wildman–Crippen MR) is 142 cm³/mol. The van der Waals surface area contributed by atoms with Gasteiger partial charge in [0.25, 0.3) is 0 Å². The average Bonchev–Trinajstić information content (AvgIpc) is 2.98. The van der Waals surface area contributed by atoms with E-state index in [4.69, 9.17) is 9.84 Å². The summed E-state index contributed by atoms with van der Waals surface area (Å²) in [5.74, 6) is -4.13. The van der Waals surface area contributed by atoms with Crippen molar-refractivity contribution in [3.8, 4) is 28.7 Å². The summed E-state index contributed by atoms with van der Waals surface area (Å²) in [6, 6.07) is 13.8. The largest absolute Gasteiger partial charge is 0.573 e. The summed E-state index contributed by atoms with van der Waals surface area (Å²) in [6.07, 6.45) is -19.3. The van der Waals surface area contributed by atoms with Crippen LogP contribution in [0.2, 0.25) is 0 Å². The highest BCUT2D eigenvalue weighted by Gasteiger charge is 2.41. The number of rotatable bonds is 6. The number of carbonyl (C=O) groups is 2. The van der Waals surface area contributed by atoms with Gasteiger partial charge in [-0.3, -0.25) is 9.59 Å². The molecule has 19 heteroatoms. The van der Waals surface area contributed by atoms with Crippen LogP contribution >= 0.6 is 0 Å². The highest BCUT2D eigenvalue weighted by molar-refractivity contribution is 5.75. The van der Waals surface area contributed by atoms with Crippen molar-refractivity contribution in [1.82, 2.24) is 0 Å². The van der Waals surface area contributed by atoms with Crippen LogP contribution in [0.3, 0.4) is 0 Å². The molecular weight excluding hydrogens is 703 g/mol. The lowest BCUT2D eigenvalue weighted by atomic mass is 10.2. The van der Waals surface area contributed by atoms with Crippen molar-refractivity contribution in [2.75, 3.05) is 0 Å². The molecule has 0 aliphatic heterocycles. The molecule has 0 aromatic heterocycles. The SMILES string of the molecule is O=Cc1ccc(F)cc1.O=Cc1ccc(Oc2ccc(OC(F)(F)F)c(C(F)(F)F)c2)cc1.Oc1ccc(OC(F)(F)F)c(C(F)(F)F)c1. The average molecular weight is 720 g/mol. The molecule has 0 radical (unpaired) electrons. The molecule has 0 amide bonds. The van der Waals surface area contributed by atoms with E-state index in [9.17, 15) is 66.7 Å². The van der Waals surface area contributed by atoms with Crippen LogP contribution in [-0.2, 0) is 12.4 Å². The number of hydrogen-bond acceptors (Lipinski definition) is 6. The van der Waals surface area contributed by atoms with Crippen molar-refractivity contribution in [2.24, 2.45) is 0 Å². The zero-order chi connectivity index (χ0) is 37.2. The van der Waals surface area contributed by atoms with Gasteiger partial charge in [0.15, 0.2) is 0 Å². The first-order valence-electron chi connectivity index (χ1n) is 12.6. The minimum absolute atomic E-state index is 0.109. The van der Waals surface area contributed by atoms with Gasteiger partial charge in [-0.1, -0.05) is 0 Å². The molecule has 1 N–H and O–H groups in total. The van der Waals surface area contributed by atoms with Crippen LogP contribution in [0.1, 0.15) is 31.8 Å². The molecule has 0 saturated heterocycles. The Morgan fingerprint density at radius 1 is 0.510 bits per heavy atom. The van der Waals surface area contributed by atoms with Gasteiger partial charge in [-0.15, -0.1) is 26.3 Å². The molecule has 0 atom stereocenters. The molecule has 0 fully saturated rings. The minimum Gasteiger partial charge on any atom is -0.508 e. The van der Waals surface area contributed by atoms with Crippen LogP contribution in [0, 0.1) is 5.82 Å². The smallest absolute Gasteiger partial charge is 0.508 e. The standard InChI is InChI=1S/C15H8F6O3.C8H4F6O2.C7H5FO/c16-14(17,18)12-7-11(5-6-13(12)24-15(19,20)21)23-10-3-1-9(8-22)2-4-10;9-7(10,11)5-3-4(15)1-2-6(5)16-8(12,13)14;8-7-3-1-6(5-9)2-4-7/h1-8H;1-3,15H;1-5H. The number of ether oxygens (including phenoxy) is 3. The Balaban J connectivity index is 0.000000285. The van der Waals surface area contributed by atoms with E-state index in [2.05, 4.69) is 9.47 Å². The molecular formula is C30H17F13O6. The molecule has 49 heavy (non-hydrogen) atoms. The maximum atomic E-state index is 12.9. The topological polar surface area (TPSA) is 82.1 Å². The molecule has 4 aromatic carbocycles. The summed E-state index contributed by atoms with van der Waals surface area (Å²) in [7, 11) is 0. The lowest BCUT2D eigenvalue weighted by molar-refractivity contribution is -0.277. The van der Waals surface area contributed by atoms with Crippen molar-refractivity contribution in [3.05, 3.63) is 113 Å². The molecule has 0 unspecified atom stereocenters. The third-order valence-corrected chi connectivity index (χ3v) is 5.23. The number of aldehydes is 2. The van der Waals surface area contributed by atoms with Gasteiger partial charge in [0.2, 0.25) is 0 Å². The quantitative estimate of drug-likeness (QED) is 0.158. The fourth-order valence-corrected chi connectivity index (χ4v) is 3.25. The lowest BCUT2D eigenvalue weighted by Crippen LogP contribution is -2.20. The molecule has 0 heterocycles. The van der Waals surface area contributed by atoms with Gasteiger partial charge in [0.1, 0.15) is 58.3 Å². The van der Waals surface area contributed by atoms with Crippen molar-refractivity contribution in [1.29, 1.82) is 0 Å². The molecule has 0 aliphatic carbocycles. The molecule has 0 aliphatic rings. The Labute approximate surface area is 265 Å². The second kappa shape index (κ2) is 16.1. The molecule has 6 nitrogen and oxygen atoms in total. The van der Waals surface area contributed by atoms with E-state index in [0.29, 0.717) is 48.0 Å². The zero-order valence-corrected chi connectivity index (χ0v) is 23.6. The number of halogens is 13. The summed E-state index contributed by atoms with van der Waals surface area (Å²) in [5, 5.41) is 8.76. The number of hydrogen-bond donors (Lipinski definition) is 1. The number of carbonyl (C=O) groups excluding carboxylic acids is 2. The van der Waals surface area contributed by atoms with Crippen LogP contribution < -0.4 is 14.2 Å². The van der Waals surface area contributed by atoms with E-state index in [0.717, 1.165) is 6.07 Å². The van der Waals surface area contributed by atoms with Gasteiger partial charge in [-0.25, -0.2) is 4.39 Å².